The van der Waals surface area contributed by atoms with Crippen molar-refractivity contribution in [1.29, 1.82) is 5.26 Å². The van der Waals surface area contributed by atoms with Gasteiger partial charge in [-0.3, -0.25) is 0 Å². The van der Waals surface area contributed by atoms with Crippen LogP contribution in [0.5, 0.6) is 0 Å². The Morgan fingerprint density at radius 3 is 2.31 bits per heavy atom. The minimum absolute atomic E-state index is 0.870. The van der Waals surface area contributed by atoms with E-state index in [1.807, 2.05) is 31.2 Å². The Balaban J connectivity index is 3.17. The molecule has 0 saturated carbocycles. The molecule has 0 N–H and O–H groups in total. The molecule has 16 heavy (non-hydrogen) atoms. The zero-order chi connectivity index (χ0) is 12.4. The van der Waals surface area contributed by atoms with Crippen LogP contribution in [0.3, 0.4) is 0 Å². The third-order valence-electron chi connectivity index (χ3n) is 2.11. The third kappa shape index (κ3) is 3.18. The molecule has 0 spiro atoms. The Morgan fingerprint density at radius 2 is 1.88 bits per heavy atom. The van der Waals surface area contributed by atoms with Crippen LogP contribution in [0.2, 0.25) is 19.6 Å². The Morgan fingerprint density at radius 1 is 1.31 bits per heavy atom. The number of hydrogen-bond acceptors (Lipinski definition) is 2. The van der Waals surface area contributed by atoms with Crippen LogP contribution < -0.4 is 0 Å². The molecule has 1 atom stereocenters. The zero-order valence-electron chi connectivity index (χ0n) is 10.0. The van der Waals surface area contributed by atoms with E-state index in [2.05, 4.69) is 41.6 Å². The predicted molar refractivity (Wildman–Crippen MR) is 71.5 cm³/mol. The first kappa shape index (κ1) is 13.4. The molecule has 2 nitrogen and oxygen atoms in total. The Kier molecular flexibility index (Phi) is 3.95. The zero-order valence-corrected chi connectivity index (χ0v) is 12.6. The van der Waals surface area contributed by atoms with Gasteiger partial charge in [0.1, 0.15) is 6.07 Å². The van der Waals surface area contributed by atoms with E-state index in [9.17, 15) is 5.26 Å². The lowest BCUT2D eigenvalue weighted by atomic mass is 9.98. The normalized spacial score (nSPS) is 15.2. The Bertz CT molecular complexity index is 422. The van der Waals surface area contributed by atoms with E-state index in [1.54, 1.807) is 0 Å². The van der Waals surface area contributed by atoms with Gasteiger partial charge in [0.2, 0.25) is 0 Å². The lowest BCUT2D eigenvalue weighted by Gasteiger charge is -2.31. The highest BCUT2D eigenvalue weighted by Crippen LogP contribution is 2.33. The fraction of sp³-hybridized carbons (Fsp3) is 0.417. The van der Waals surface area contributed by atoms with Gasteiger partial charge in [-0.1, -0.05) is 34.1 Å². The SMILES string of the molecule is CC(C#N)(O[Si](C)(C)C)c1ccccc1Br. The number of benzene rings is 1. The van der Waals surface area contributed by atoms with E-state index in [4.69, 9.17) is 4.43 Å². The second-order valence-electron chi connectivity index (χ2n) is 4.84. The summed E-state index contributed by atoms with van der Waals surface area (Å²) in [6.45, 7) is 8.07. The molecule has 1 aromatic carbocycles. The van der Waals surface area contributed by atoms with Crippen LogP contribution >= 0.6 is 15.9 Å². The summed E-state index contributed by atoms with van der Waals surface area (Å²) in [7, 11) is -1.76. The number of nitrogens with zero attached hydrogens (tertiary/aromatic N) is 1. The van der Waals surface area contributed by atoms with Crippen molar-refractivity contribution < 1.29 is 4.43 Å². The Labute approximate surface area is 106 Å². The molecule has 0 aromatic heterocycles. The van der Waals surface area contributed by atoms with Gasteiger partial charge in [0.05, 0.1) is 0 Å². The number of halogens is 1. The summed E-state index contributed by atoms with van der Waals surface area (Å²) in [5.74, 6) is 0. The maximum absolute atomic E-state index is 9.35. The second-order valence-corrected chi connectivity index (χ2v) is 10.1. The van der Waals surface area contributed by atoms with E-state index in [0.717, 1.165) is 10.0 Å². The van der Waals surface area contributed by atoms with Crippen LogP contribution in [0, 0.1) is 11.3 Å². The summed E-state index contributed by atoms with van der Waals surface area (Å²) in [5.41, 5.74) is 0.0183. The predicted octanol–water partition coefficient (Wildman–Crippen LogP) is 4.04. The fourth-order valence-corrected chi connectivity index (χ4v) is 3.64. The topological polar surface area (TPSA) is 33.0 Å². The molecule has 0 saturated heterocycles. The van der Waals surface area contributed by atoms with Gasteiger partial charge >= 0.3 is 0 Å². The van der Waals surface area contributed by atoms with Gasteiger partial charge in [-0.2, -0.15) is 5.26 Å². The number of hydrogen-bond donors (Lipinski definition) is 0. The molecule has 0 amide bonds. The lowest BCUT2D eigenvalue weighted by Crippen LogP contribution is -2.37. The van der Waals surface area contributed by atoms with Crippen LogP contribution in [0.15, 0.2) is 28.7 Å². The summed E-state index contributed by atoms with van der Waals surface area (Å²) >= 11 is 3.46. The average molecular weight is 298 g/mol. The molecule has 0 aliphatic rings. The van der Waals surface area contributed by atoms with Crippen molar-refractivity contribution >= 4 is 24.2 Å². The van der Waals surface area contributed by atoms with E-state index < -0.39 is 13.9 Å². The van der Waals surface area contributed by atoms with Crippen LogP contribution in [-0.2, 0) is 10.0 Å². The first-order valence-corrected chi connectivity index (χ1v) is 9.35. The highest BCUT2D eigenvalue weighted by atomic mass is 79.9. The Hall–Kier alpha value is -0.633. The largest absolute Gasteiger partial charge is 0.397 e. The van der Waals surface area contributed by atoms with Gasteiger partial charge in [-0.05, 0) is 32.6 Å². The molecule has 1 unspecified atom stereocenters. The van der Waals surface area contributed by atoms with Crippen molar-refractivity contribution in [3.63, 3.8) is 0 Å². The molecular formula is C12H16BrNOSi. The summed E-state index contributed by atoms with van der Waals surface area (Å²) in [5, 5.41) is 9.35. The lowest BCUT2D eigenvalue weighted by molar-refractivity contribution is 0.140. The fourth-order valence-electron chi connectivity index (χ4n) is 1.60. The van der Waals surface area contributed by atoms with Gasteiger partial charge in [0.15, 0.2) is 13.9 Å². The van der Waals surface area contributed by atoms with E-state index >= 15 is 0 Å². The summed E-state index contributed by atoms with van der Waals surface area (Å²) in [6.07, 6.45) is 0. The van der Waals surface area contributed by atoms with Crippen molar-refractivity contribution in [3.05, 3.63) is 34.3 Å². The molecule has 0 radical (unpaired) electrons. The van der Waals surface area contributed by atoms with E-state index in [0.29, 0.717) is 0 Å². The van der Waals surface area contributed by atoms with E-state index in [1.165, 1.54) is 0 Å². The quantitative estimate of drug-likeness (QED) is 0.789. The minimum atomic E-state index is -1.76. The molecule has 1 aromatic rings. The molecule has 86 valence electrons. The van der Waals surface area contributed by atoms with Gasteiger partial charge in [-0.15, -0.1) is 0 Å². The first-order chi connectivity index (χ1) is 7.28. The summed E-state index contributed by atoms with van der Waals surface area (Å²) in [4.78, 5) is 0. The third-order valence-corrected chi connectivity index (χ3v) is 3.82. The second kappa shape index (κ2) is 4.70. The van der Waals surface area contributed by atoms with Crippen molar-refractivity contribution in [2.24, 2.45) is 0 Å². The maximum atomic E-state index is 9.35. The minimum Gasteiger partial charge on any atom is -0.397 e. The molecule has 0 fully saturated rings. The summed E-state index contributed by atoms with van der Waals surface area (Å²) in [6, 6.07) is 9.98. The number of nitriles is 1. The monoisotopic (exact) mass is 297 g/mol. The first-order valence-electron chi connectivity index (χ1n) is 5.15. The maximum Gasteiger partial charge on any atom is 0.186 e. The van der Waals surface area contributed by atoms with Crippen LogP contribution in [0.25, 0.3) is 0 Å². The summed E-state index contributed by atoms with van der Waals surface area (Å²) < 4.78 is 6.90. The average Bonchev–Trinajstić information content (AvgIpc) is 2.15. The van der Waals surface area contributed by atoms with Crippen molar-refractivity contribution in [3.8, 4) is 6.07 Å². The standard InChI is InChI=1S/C12H16BrNOSi/c1-12(9-14,15-16(2,3)4)10-7-5-6-8-11(10)13/h5-8H,1-4H3. The molecule has 0 heterocycles. The van der Waals surface area contributed by atoms with Gasteiger partial charge in [-0.25, -0.2) is 0 Å². The van der Waals surface area contributed by atoms with Crippen molar-refractivity contribution in [2.45, 2.75) is 32.2 Å². The van der Waals surface area contributed by atoms with Gasteiger partial charge in [0, 0.05) is 10.0 Å². The van der Waals surface area contributed by atoms with E-state index in [-0.39, 0.29) is 0 Å². The molecule has 0 aliphatic heterocycles. The van der Waals surface area contributed by atoms with Crippen LogP contribution in [0.4, 0.5) is 0 Å². The molecule has 1 rings (SSSR count). The van der Waals surface area contributed by atoms with Crippen molar-refractivity contribution in [1.82, 2.24) is 0 Å². The van der Waals surface area contributed by atoms with Gasteiger partial charge in [0.25, 0.3) is 0 Å². The number of rotatable bonds is 3. The highest BCUT2D eigenvalue weighted by Gasteiger charge is 2.34. The van der Waals surface area contributed by atoms with Crippen molar-refractivity contribution in [2.75, 3.05) is 0 Å². The van der Waals surface area contributed by atoms with Gasteiger partial charge < -0.3 is 4.43 Å². The van der Waals surface area contributed by atoms with Crippen LogP contribution in [-0.4, -0.2) is 8.32 Å². The smallest absolute Gasteiger partial charge is 0.186 e. The molecule has 0 aliphatic carbocycles. The molecule has 4 heteroatoms. The highest BCUT2D eigenvalue weighted by molar-refractivity contribution is 9.10. The molecule has 0 bridgehead atoms. The van der Waals surface area contributed by atoms with Crippen LogP contribution in [0.1, 0.15) is 12.5 Å². The molecular weight excluding hydrogens is 282 g/mol.